The summed E-state index contributed by atoms with van der Waals surface area (Å²) in [5, 5.41) is 9.84. The van der Waals surface area contributed by atoms with E-state index in [-0.39, 0.29) is 5.76 Å². The summed E-state index contributed by atoms with van der Waals surface area (Å²) in [6.45, 7) is 1.76. The molecule has 0 bridgehead atoms. The van der Waals surface area contributed by atoms with Gasteiger partial charge in [-0.1, -0.05) is 30.3 Å². The van der Waals surface area contributed by atoms with E-state index < -0.39 is 11.9 Å². The number of aliphatic hydroxyl groups excluding tert-OH is 1. The zero-order valence-corrected chi connectivity index (χ0v) is 8.88. The standard InChI is InChI=1S/C13H12O3/c1-9-7-8-11(16-9)13(15)12(14)10-5-3-2-4-6-10/h2-8,12,14H,1H3. The molecule has 1 heterocycles. The third kappa shape index (κ3) is 2.04. The summed E-state index contributed by atoms with van der Waals surface area (Å²) < 4.78 is 5.18. The van der Waals surface area contributed by atoms with E-state index in [1.807, 2.05) is 6.07 Å². The van der Waals surface area contributed by atoms with Crippen LogP contribution in [-0.2, 0) is 0 Å². The number of carbonyl (C=O) groups is 1. The van der Waals surface area contributed by atoms with Gasteiger partial charge in [-0.05, 0) is 24.6 Å². The highest BCUT2D eigenvalue weighted by Crippen LogP contribution is 2.19. The largest absolute Gasteiger partial charge is 0.458 e. The van der Waals surface area contributed by atoms with E-state index in [4.69, 9.17) is 4.42 Å². The van der Waals surface area contributed by atoms with Crippen molar-refractivity contribution in [2.75, 3.05) is 0 Å². The highest BCUT2D eigenvalue weighted by molar-refractivity contribution is 5.97. The second-order valence-electron chi connectivity index (χ2n) is 3.59. The van der Waals surface area contributed by atoms with Crippen LogP contribution in [0, 0.1) is 6.92 Å². The Hall–Kier alpha value is -1.87. The number of Topliss-reactive ketones (excluding diaryl/α,β-unsaturated/α-hetero) is 1. The maximum Gasteiger partial charge on any atom is 0.230 e. The maximum atomic E-state index is 11.8. The lowest BCUT2D eigenvalue weighted by molar-refractivity contribution is 0.0716. The number of hydrogen-bond acceptors (Lipinski definition) is 3. The molecule has 0 spiro atoms. The van der Waals surface area contributed by atoms with E-state index >= 15 is 0 Å². The molecule has 82 valence electrons. The Morgan fingerprint density at radius 2 is 1.88 bits per heavy atom. The first kappa shape index (κ1) is 10.6. The van der Waals surface area contributed by atoms with E-state index in [2.05, 4.69) is 0 Å². The fourth-order valence-corrected chi connectivity index (χ4v) is 1.49. The normalized spacial score (nSPS) is 12.4. The summed E-state index contributed by atoms with van der Waals surface area (Å²) in [6, 6.07) is 12.1. The van der Waals surface area contributed by atoms with E-state index in [0.717, 1.165) is 0 Å². The second kappa shape index (κ2) is 4.33. The third-order valence-electron chi connectivity index (χ3n) is 2.35. The minimum atomic E-state index is -1.16. The van der Waals surface area contributed by atoms with Crippen molar-refractivity contribution in [3.8, 4) is 0 Å². The molecule has 0 fully saturated rings. The Morgan fingerprint density at radius 1 is 1.19 bits per heavy atom. The molecule has 1 atom stereocenters. The summed E-state index contributed by atoms with van der Waals surface area (Å²) in [7, 11) is 0. The van der Waals surface area contributed by atoms with Crippen molar-refractivity contribution in [2.45, 2.75) is 13.0 Å². The molecule has 0 aliphatic carbocycles. The van der Waals surface area contributed by atoms with Crippen molar-refractivity contribution >= 4 is 5.78 Å². The highest BCUT2D eigenvalue weighted by Gasteiger charge is 2.21. The molecular formula is C13H12O3. The Balaban J connectivity index is 2.23. The van der Waals surface area contributed by atoms with E-state index in [0.29, 0.717) is 11.3 Å². The van der Waals surface area contributed by atoms with Crippen molar-refractivity contribution in [3.05, 3.63) is 59.5 Å². The molecule has 1 unspecified atom stereocenters. The van der Waals surface area contributed by atoms with Gasteiger partial charge in [0.25, 0.3) is 0 Å². The van der Waals surface area contributed by atoms with Gasteiger partial charge in [0, 0.05) is 0 Å². The molecule has 1 aromatic heterocycles. The molecule has 0 amide bonds. The summed E-state index contributed by atoms with van der Waals surface area (Å²) >= 11 is 0. The fraction of sp³-hybridized carbons (Fsp3) is 0.154. The molecule has 0 saturated heterocycles. The molecule has 2 aromatic rings. The SMILES string of the molecule is Cc1ccc(C(=O)C(O)c2ccccc2)o1. The quantitative estimate of drug-likeness (QED) is 0.802. The molecule has 0 radical (unpaired) electrons. The second-order valence-corrected chi connectivity index (χ2v) is 3.59. The van der Waals surface area contributed by atoms with Gasteiger partial charge in [-0.3, -0.25) is 4.79 Å². The summed E-state index contributed by atoms with van der Waals surface area (Å²) in [6.07, 6.45) is -1.16. The Labute approximate surface area is 93.3 Å². The van der Waals surface area contributed by atoms with Gasteiger partial charge in [0.2, 0.25) is 5.78 Å². The molecule has 1 N–H and O–H groups in total. The number of rotatable bonds is 3. The van der Waals surface area contributed by atoms with Crippen LogP contribution in [0.1, 0.15) is 28.0 Å². The third-order valence-corrected chi connectivity index (χ3v) is 2.35. The molecule has 0 aliphatic heterocycles. The van der Waals surface area contributed by atoms with Crippen LogP contribution in [-0.4, -0.2) is 10.9 Å². The van der Waals surface area contributed by atoms with Crippen LogP contribution in [0.25, 0.3) is 0 Å². The van der Waals surface area contributed by atoms with Crippen LogP contribution in [0.5, 0.6) is 0 Å². The predicted octanol–water partition coefficient (Wildman–Crippen LogP) is 2.50. The highest BCUT2D eigenvalue weighted by atomic mass is 16.4. The van der Waals surface area contributed by atoms with Gasteiger partial charge < -0.3 is 9.52 Å². The van der Waals surface area contributed by atoms with Crippen LogP contribution in [0.2, 0.25) is 0 Å². The minimum Gasteiger partial charge on any atom is -0.458 e. The lowest BCUT2D eigenvalue weighted by atomic mass is 10.0. The minimum absolute atomic E-state index is 0.189. The lowest BCUT2D eigenvalue weighted by Gasteiger charge is -2.07. The predicted molar refractivity (Wildman–Crippen MR) is 59.2 cm³/mol. The Kier molecular flexibility index (Phi) is 2.88. The first-order valence-corrected chi connectivity index (χ1v) is 5.02. The van der Waals surface area contributed by atoms with Crippen molar-refractivity contribution < 1.29 is 14.3 Å². The van der Waals surface area contributed by atoms with Crippen LogP contribution in [0.15, 0.2) is 46.9 Å². The van der Waals surface area contributed by atoms with Crippen molar-refractivity contribution in [1.29, 1.82) is 0 Å². The summed E-state index contributed by atoms with van der Waals surface area (Å²) in [5.74, 6) is 0.428. The van der Waals surface area contributed by atoms with Gasteiger partial charge in [-0.2, -0.15) is 0 Å². The molecule has 0 saturated carbocycles. The number of aliphatic hydroxyl groups is 1. The number of furan rings is 1. The number of benzene rings is 1. The molecule has 0 aliphatic rings. The lowest BCUT2D eigenvalue weighted by Crippen LogP contribution is -2.11. The van der Waals surface area contributed by atoms with Crippen LogP contribution in [0.3, 0.4) is 0 Å². The summed E-state index contributed by atoms with van der Waals surface area (Å²) in [5.41, 5.74) is 0.571. The zero-order valence-electron chi connectivity index (χ0n) is 8.88. The average molecular weight is 216 g/mol. The van der Waals surface area contributed by atoms with Gasteiger partial charge in [0.1, 0.15) is 11.9 Å². The number of hydrogen-bond donors (Lipinski definition) is 1. The van der Waals surface area contributed by atoms with Gasteiger partial charge in [0.15, 0.2) is 5.76 Å². The Morgan fingerprint density at radius 3 is 2.44 bits per heavy atom. The van der Waals surface area contributed by atoms with E-state index in [1.165, 1.54) is 0 Å². The molecule has 1 aromatic carbocycles. The monoisotopic (exact) mass is 216 g/mol. The van der Waals surface area contributed by atoms with Crippen molar-refractivity contribution in [1.82, 2.24) is 0 Å². The molecule has 16 heavy (non-hydrogen) atoms. The van der Waals surface area contributed by atoms with Gasteiger partial charge >= 0.3 is 0 Å². The fourth-order valence-electron chi connectivity index (χ4n) is 1.49. The molecule has 2 rings (SSSR count). The van der Waals surface area contributed by atoms with Gasteiger partial charge in [0.05, 0.1) is 0 Å². The van der Waals surface area contributed by atoms with Crippen molar-refractivity contribution in [2.24, 2.45) is 0 Å². The zero-order chi connectivity index (χ0) is 11.5. The average Bonchev–Trinajstić information content (AvgIpc) is 2.75. The number of aryl methyl sites for hydroxylation is 1. The molecular weight excluding hydrogens is 204 g/mol. The van der Waals surface area contributed by atoms with Crippen LogP contribution >= 0.6 is 0 Å². The smallest absolute Gasteiger partial charge is 0.230 e. The first-order chi connectivity index (χ1) is 7.68. The number of ketones is 1. The van der Waals surface area contributed by atoms with Gasteiger partial charge in [-0.15, -0.1) is 0 Å². The summed E-state index contributed by atoms with van der Waals surface area (Å²) in [4.78, 5) is 11.8. The van der Waals surface area contributed by atoms with Crippen LogP contribution < -0.4 is 0 Å². The molecule has 3 heteroatoms. The number of carbonyl (C=O) groups excluding carboxylic acids is 1. The van der Waals surface area contributed by atoms with E-state index in [1.54, 1.807) is 43.3 Å². The maximum absolute atomic E-state index is 11.8. The van der Waals surface area contributed by atoms with Crippen LogP contribution in [0.4, 0.5) is 0 Å². The Bertz CT molecular complexity index is 485. The van der Waals surface area contributed by atoms with Gasteiger partial charge in [-0.25, -0.2) is 0 Å². The topological polar surface area (TPSA) is 50.4 Å². The van der Waals surface area contributed by atoms with Crippen molar-refractivity contribution in [3.63, 3.8) is 0 Å². The first-order valence-electron chi connectivity index (χ1n) is 5.02. The molecule has 3 nitrogen and oxygen atoms in total. The van der Waals surface area contributed by atoms with E-state index in [9.17, 15) is 9.90 Å².